The maximum absolute atomic E-state index is 12.4. The third kappa shape index (κ3) is 6.37. The Balaban J connectivity index is 2.65. The van der Waals surface area contributed by atoms with Gasteiger partial charge in [0.2, 0.25) is 0 Å². The molecule has 1 aromatic carbocycles. The molecule has 0 aliphatic carbocycles. The first kappa shape index (κ1) is 15.5. The largest absolute Gasteiger partial charge is 0.401 e. The van der Waals surface area contributed by atoms with E-state index in [0.717, 1.165) is 10.0 Å². The second-order valence-electron chi connectivity index (χ2n) is 4.03. The predicted octanol–water partition coefficient (Wildman–Crippen LogP) is 3.20. The summed E-state index contributed by atoms with van der Waals surface area (Å²) in [5.74, 6) is 0. The highest BCUT2D eigenvalue weighted by atomic mass is 79.9. The first-order valence-corrected chi connectivity index (χ1v) is 6.34. The molecule has 0 aliphatic rings. The molecule has 1 rings (SSSR count). The fraction of sp³-hybridized carbons (Fsp3) is 0.500. The van der Waals surface area contributed by atoms with Gasteiger partial charge in [0.15, 0.2) is 0 Å². The number of aliphatic hydroxyl groups is 1. The highest BCUT2D eigenvalue weighted by Crippen LogP contribution is 2.19. The van der Waals surface area contributed by atoms with Gasteiger partial charge in [-0.3, -0.25) is 4.90 Å². The molecule has 0 atom stereocenters. The Labute approximate surface area is 113 Å². The maximum atomic E-state index is 12.4. The van der Waals surface area contributed by atoms with Crippen LogP contribution in [0.15, 0.2) is 28.7 Å². The van der Waals surface area contributed by atoms with E-state index in [-0.39, 0.29) is 19.7 Å². The topological polar surface area (TPSA) is 23.5 Å². The van der Waals surface area contributed by atoms with Crippen LogP contribution >= 0.6 is 15.9 Å². The lowest BCUT2D eigenvalue weighted by Crippen LogP contribution is -2.34. The van der Waals surface area contributed by atoms with E-state index in [0.29, 0.717) is 6.42 Å². The molecule has 1 aromatic rings. The summed E-state index contributed by atoms with van der Waals surface area (Å²) >= 11 is 3.29. The van der Waals surface area contributed by atoms with Crippen molar-refractivity contribution in [1.29, 1.82) is 0 Å². The molecule has 0 saturated heterocycles. The number of benzene rings is 1. The number of rotatable bonds is 6. The quantitative estimate of drug-likeness (QED) is 0.868. The van der Waals surface area contributed by atoms with Gasteiger partial charge in [-0.25, -0.2) is 0 Å². The number of aliphatic hydroxyl groups excluding tert-OH is 1. The summed E-state index contributed by atoms with van der Waals surface area (Å²) in [6.45, 7) is -0.617. The molecule has 102 valence electrons. The summed E-state index contributed by atoms with van der Waals surface area (Å²) in [5, 5.41) is 8.71. The van der Waals surface area contributed by atoms with Crippen LogP contribution in [0, 0.1) is 0 Å². The third-order valence-corrected chi connectivity index (χ3v) is 2.82. The minimum absolute atomic E-state index is 0.104. The van der Waals surface area contributed by atoms with Gasteiger partial charge >= 0.3 is 6.18 Å². The molecular weight excluding hydrogens is 311 g/mol. The third-order valence-electron chi connectivity index (χ3n) is 2.33. The van der Waals surface area contributed by atoms with Crippen molar-refractivity contribution in [1.82, 2.24) is 4.90 Å². The summed E-state index contributed by atoms with van der Waals surface area (Å²) in [6.07, 6.45) is -3.88. The molecule has 0 spiro atoms. The number of hydrogen-bond acceptors (Lipinski definition) is 2. The van der Waals surface area contributed by atoms with Gasteiger partial charge in [0.25, 0.3) is 0 Å². The average Bonchev–Trinajstić information content (AvgIpc) is 2.24. The Morgan fingerprint density at radius 1 is 1.28 bits per heavy atom. The molecule has 0 saturated carbocycles. The normalized spacial score (nSPS) is 12.1. The number of halogens is 4. The zero-order valence-corrected chi connectivity index (χ0v) is 11.3. The Morgan fingerprint density at radius 3 is 2.56 bits per heavy atom. The van der Waals surface area contributed by atoms with Gasteiger partial charge in [-0.2, -0.15) is 13.2 Å². The molecule has 0 amide bonds. The van der Waals surface area contributed by atoms with Crippen molar-refractivity contribution in [2.45, 2.75) is 19.1 Å². The SMILES string of the molecule is OCCCN(Cc1cccc(Br)c1)CC(F)(F)F. The summed E-state index contributed by atoms with van der Waals surface area (Å²) in [6, 6.07) is 7.19. The van der Waals surface area contributed by atoms with E-state index in [2.05, 4.69) is 15.9 Å². The number of nitrogens with zero attached hydrogens (tertiary/aromatic N) is 1. The monoisotopic (exact) mass is 325 g/mol. The van der Waals surface area contributed by atoms with Gasteiger partial charge < -0.3 is 5.11 Å². The molecule has 0 aromatic heterocycles. The van der Waals surface area contributed by atoms with Crippen LogP contribution in [0.25, 0.3) is 0 Å². The summed E-state index contributed by atoms with van der Waals surface area (Å²) < 4.78 is 38.0. The molecule has 18 heavy (non-hydrogen) atoms. The van der Waals surface area contributed by atoms with E-state index in [1.165, 1.54) is 4.90 Å². The first-order chi connectivity index (χ1) is 8.40. The average molecular weight is 326 g/mol. The van der Waals surface area contributed by atoms with Crippen molar-refractivity contribution in [3.8, 4) is 0 Å². The zero-order valence-electron chi connectivity index (χ0n) is 9.75. The second kappa shape index (κ2) is 7.11. The lowest BCUT2D eigenvalue weighted by atomic mass is 10.2. The lowest BCUT2D eigenvalue weighted by molar-refractivity contribution is -0.147. The maximum Gasteiger partial charge on any atom is 0.401 e. The number of hydrogen-bond donors (Lipinski definition) is 1. The molecule has 2 nitrogen and oxygen atoms in total. The molecule has 0 unspecified atom stereocenters. The summed E-state index contributed by atoms with van der Waals surface area (Å²) in [5.41, 5.74) is 0.812. The van der Waals surface area contributed by atoms with Gasteiger partial charge in [-0.1, -0.05) is 28.1 Å². The molecule has 1 N–H and O–H groups in total. The summed E-state index contributed by atoms with van der Waals surface area (Å²) in [7, 11) is 0. The number of alkyl halides is 3. The van der Waals surface area contributed by atoms with Crippen LogP contribution in [0.4, 0.5) is 13.2 Å². The Morgan fingerprint density at radius 2 is 2.00 bits per heavy atom. The zero-order chi connectivity index (χ0) is 13.6. The van der Waals surface area contributed by atoms with Crippen molar-refractivity contribution in [3.05, 3.63) is 34.3 Å². The highest BCUT2D eigenvalue weighted by molar-refractivity contribution is 9.10. The van der Waals surface area contributed by atoms with Gasteiger partial charge in [0, 0.05) is 24.2 Å². The lowest BCUT2D eigenvalue weighted by Gasteiger charge is -2.23. The molecule has 0 radical (unpaired) electrons. The molecular formula is C12H15BrF3NO. The Kier molecular flexibility index (Phi) is 6.11. The van der Waals surface area contributed by atoms with E-state index in [4.69, 9.17) is 5.11 Å². The van der Waals surface area contributed by atoms with Crippen LogP contribution in [0.2, 0.25) is 0 Å². The standard InChI is InChI=1S/C12H15BrF3NO/c13-11-4-1-3-10(7-11)8-17(5-2-6-18)9-12(14,15)16/h1,3-4,7,18H,2,5-6,8-9H2. The van der Waals surface area contributed by atoms with E-state index in [1.807, 2.05) is 6.07 Å². The van der Waals surface area contributed by atoms with Gasteiger partial charge in [-0.15, -0.1) is 0 Å². The molecule has 0 bridgehead atoms. The second-order valence-corrected chi connectivity index (χ2v) is 4.95. The van der Waals surface area contributed by atoms with Crippen LogP contribution < -0.4 is 0 Å². The van der Waals surface area contributed by atoms with Gasteiger partial charge in [0.1, 0.15) is 0 Å². The minimum Gasteiger partial charge on any atom is -0.396 e. The molecule has 0 aliphatic heterocycles. The van der Waals surface area contributed by atoms with Crippen LogP contribution in [0.1, 0.15) is 12.0 Å². The van der Waals surface area contributed by atoms with Crippen molar-refractivity contribution in [3.63, 3.8) is 0 Å². The minimum atomic E-state index is -4.22. The molecule has 6 heteroatoms. The first-order valence-electron chi connectivity index (χ1n) is 5.55. The van der Waals surface area contributed by atoms with Crippen molar-refractivity contribution < 1.29 is 18.3 Å². The van der Waals surface area contributed by atoms with Crippen LogP contribution in [-0.4, -0.2) is 35.9 Å². The van der Waals surface area contributed by atoms with Crippen molar-refractivity contribution in [2.75, 3.05) is 19.7 Å². The fourth-order valence-electron chi connectivity index (χ4n) is 1.66. The fourth-order valence-corrected chi connectivity index (χ4v) is 2.10. The van der Waals surface area contributed by atoms with Crippen LogP contribution in [0.3, 0.4) is 0 Å². The van der Waals surface area contributed by atoms with Crippen molar-refractivity contribution >= 4 is 15.9 Å². The Hall–Kier alpha value is -0.590. The van der Waals surface area contributed by atoms with Crippen molar-refractivity contribution in [2.24, 2.45) is 0 Å². The van der Waals surface area contributed by atoms with E-state index >= 15 is 0 Å². The van der Waals surface area contributed by atoms with Crippen LogP contribution in [-0.2, 0) is 6.54 Å². The Bertz CT molecular complexity index is 371. The van der Waals surface area contributed by atoms with E-state index in [9.17, 15) is 13.2 Å². The van der Waals surface area contributed by atoms with Crippen LogP contribution in [0.5, 0.6) is 0 Å². The highest BCUT2D eigenvalue weighted by Gasteiger charge is 2.30. The summed E-state index contributed by atoms with van der Waals surface area (Å²) in [4.78, 5) is 1.29. The molecule has 0 fully saturated rings. The smallest absolute Gasteiger partial charge is 0.396 e. The molecule has 0 heterocycles. The van der Waals surface area contributed by atoms with Gasteiger partial charge in [0.05, 0.1) is 6.54 Å². The predicted molar refractivity (Wildman–Crippen MR) is 67.2 cm³/mol. The van der Waals surface area contributed by atoms with Gasteiger partial charge in [-0.05, 0) is 24.1 Å². The van der Waals surface area contributed by atoms with E-state index < -0.39 is 12.7 Å². The van der Waals surface area contributed by atoms with E-state index in [1.54, 1.807) is 18.2 Å².